The molecule has 0 aliphatic heterocycles. The largest absolute Gasteiger partial charge is 0.426 e. The second-order valence-electron chi connectivity index (χ2n) is 5.63. The summed E-state index contributed by atoms with van der Waals surface area (Å²) in [6.45, 7) is 0.276. The van der Waals surface area contributed by atoms with Gasteiger partial charge < -0.3 is 10.4 Å². The number of rotatable bonds is 5. The van der Waals surface area contributed by atoms with E-state index < -0.39 is 27.7 Å². The van der Waals surface area contributed by atoms with Crippen molar-refractivity contribution in [2.75, 3.05) is 10.0 Å². The summed E-state index contributed by atoms with van der Waals surface area (Å²) in [7, 11) is -4.13. The fourth-order valence-electron chi connectivity index (χ4n) is 1.77. The van der Waals surface area contributed by atoms with Gasteiger partial charge in [0.15, 0.2) is 0 Å². The number of amides is 1. The Morgan fingerprint density at radius 2 is 1.82 bits per heavy atom. The van der Waals surface area contributed by atoms with E-state index >= 15 is 0 Å². The van der Waals surface area contributed by atoms with Crippen LogP contribution < -0.4 is 10.0 Å². The maximum atomic E-state index is 12.7. The molecule has 28 heavy (non-hydrogen) atoms. The minimum absolute atomic E-state index is 0.0286. The van der Waals surface area contributed by atoms with Crippen molar-refractivity contribution in [1.29, 1.82) is 0 Å². The number of hydrogen-bond acceptors (Lipinski definition) is 5. The SMILES string of the molecule is C[C@@](O)(C(=O)Nc1ccc(S(=O)(=O)Nc2ccc(Cl)cn2)cc1Cl)C(F)(F)F. The van der Waals surface area contributed by atoms with Crippen molar-refractivity contribution in [3.63, 3.8) is 0 Å². The lowest BCUT2D eigenvalue weighted by molar-refractivity contribution is -0.242. The van der Waals surface area contributed by atoms with Gasteiger partial charge in [0.05, 0.1) is 20.6 Å². The van der Waals surface area contributed by atoms with Crippen molar-refractivity contribution < 1.29 is 31.5 Å². The van der Waals surface area contributed by atoms with E-state index in [1.54, 1.807) is 0 Å². The zero-order valence-electron chi connectivity index (χ0n) is 13.9. The molecule has 0 fully saturated rings. The highest BCUT2D eigenvalue weighted by Crippen LogP contribution is 2.33. The van der Waals surface area contributed by atoms with Gasteiger partial charge in [0.25, 0.3) is 15.9 Å². The van der Waals surface area contributed by atoms with Crippen LogP contribution >= 0.6 is 23.2 Å². The Kier molecular flexibility index (Phi) is 6.14. The number of halogens is 5. The van der Waals surface area contributed by atoms with E-state index in [4.69, 9.17) is 23.2 Å². The van der Waals surface area contributed by atoms with Crippen molar-refractivity contribution in [2.24, 2.45) is 0 Å². The zero-order valence-corrected chi connectivity index (χ0v) is 16.2. The Balaban J connectivity index is 2.24. The highest BCUT2D eigenvalue weighted by atomic mass is 35.5. The molecule has 2 rings (SSSR count). The molecule has 0 aliphatic carbocycles. The Hall–Kier alpha value is -2.08. The first-order valence-corrected chi connectivity index (χ1v) is 9.52. The van der Waals surface area contributed by atoms with Crippen LogP contribution in [0.25, 0.3) is 0 Å². The Morgan fingerprint density at radius 3 is 2.32 bits per heavy atom. The predicted molar refractivity (Wildman–Crippen MR) is 96.8 cm³/mol. The van der Waals surface area contributed by atoms with Gasteiger partial charge in [-0.2, -0.15) is 13.2 Å². The third kappa shape index (κ3) is 4.85. The van der Waals surface area contributed by atoms with Gasteiger partial charge in [-0.15, -0.1) is 0 Å². The van der Waals surface area contributed by atoms with Gasteiger partial charge in [0.1, 0.15) is 5.82 Å². The maximum Gasteiger partial charge on any atom is 0.426 e. The molecular weight excluding hydrogens is 446 g/mol. The highest BCUT2D eigenvalue weighted by Gasteiger charge is 2.55. The lowest BCUT2D eigenvalue weighted by atomic mass is 10.1. The summed E-state index contributed by atoms with van der Waals surface area (Å²) in [6.07, 6.45) is -4.00. The fraction of sp³-hybridized carbons (Fsp3) is 0.200. The molecule has 0 unspecified atom stereocenters. The molecule has 1 atom stereocenters. The number of hydrogen-bond donors (Lipinski definition) is 3. The lowest BCUT2D eigenvalue weighted by Crippen LogP contribution is -2.52. The summed E-state index contributed by atoms with van der Waals surface area (Å²) in [4.78, 5) is 15.1. The van der Waals surface area contributed by atoms with Gasteiger partial charge in [0.2, 0.25) is 5.60 Å². The fourth-order valence-corrected chi connectivity index (χ4v) is 3.21. The number of nitrogens with one attached hydrogen (secondary N) is 2. The van der Waals surface area contributed by atoms with Crippen LogP contribution in [0.3, 0.4) is 0 Å². The molecule has 0 saturated heterocycles. The topological polar surface area (TPSA) is 108 Å². The van der Waals surface area contributed by atoms with E-state index in [2.05, 4.69) is 9.71 Å². The molecule has 0 radical (unpaired) electrons. The maximum absolute atomic E-state index is 12.7. The summed E-state index contributed by atoms with van der Waals surface area (Å²) in [5.41, 5.74) is -3.98. The van der Waals surface area contributed by atoms with Crippen molar-refractivity contribution in [1.82, 2.24) is 4.98 Å². The first-order valence-electron chi connectivity index (χ1n) is 7.28. The predicted octanol–water partition coefficient (Wildman–Crippen LogP) is 3.44. The summed E-state index contributed by atoms with van der Waals surface area (Å²) in [6, 6.07) is 5.62. The van der Waals surface area contributed by atoms with E-state index in [1.165, 1.54) is 18.3 Å². The van der Waals surface area contributed by atoms with Crippen molar-refractivity contribution in [2.45, 2.75) is 23.6 Å². The Labute approximate surface area is 167 Å². The van der Waals surface area contributed by atoms with Crippen LogP contribution in [0.4, 0.5) is 24.7 Å². The summed E-state index contributed by atoms with van der Waals surface area (Å²) < 4.78 is 64.9. The molecular formula is C15H12Cl2F3N3O4S. The highest BCUT2D eigenvalue weighted by molar-refractivity contribution is 7.92. The summed E-state index contributed by atoms with van der Waals surface area (Å²) in [5.74, 6) is -1.81. The Morgan fingerprint density at radius 1 is 1.18 bits per heavy atom. The monoisotopic (exact) mass is 457 g/mol. The van der Waals surface area contributed by atoms with E-state index in [0.29, 0.717) is 5.02 Å². The number of nitrogens with zero attached hydrogens (tertiary/aromatic N) is 1. The van der Waals surface area contributed by atoms with Gasteiger partial charge >= 0.3 is 6.18 Å². The van der Waals surface area contributed by atoms with Crippen LogP contribution in [0.15, 0.2) is 41.4 Å². The van der Waals surface area contributed by atoms with Crippen LogP contribution in [-0.2, 0) is 14.8 Å². The molecule has 1 amide bonds. The van der Waals surface area contributed by atoms with Crippen LogP contribution in [-0.4, -0.2) is 36.2 Å². The normalized spacial score (nSPS) is 14.2. The number of sulfonamides is 1. The number of aromatic nitrogens is 1. The van der Waals surface area contributed by atoms with Gasteiger partial charge in [-0.3, -0.25) is 9.52 Å². The minimum Gasteiger partial charge on any atom is -0.373 e. The van der Waals surface area contributed by atoms with Crippen LogP contribution in [0.1, 0.15) is 6.92 Å². The number of carbonyl (C=O) groups excluding carboxylic acids is 1. The third-order valence-corrected chi connectivity index (χ3v) is 5.35. The molecule has 152 valence electrons. The molecule has 0 saturated carbocycles. The van der Waals surface area contributed by atoms with Gasteiger partial charge in [-0.1, -0.05) is 23.2 Å². The van der Waals surface area contributed by atoms with Gasteiger partial charge in [-0.05, 0) is 37.3 Å². The van der Waals surface area contributed by atoms with E-state index in [-0.39, 0.29) is 28.3 Å². The molecule has 0 bridgehead atoms. The first kappa shape index (κ1) is 22.2. The zero-order chi connectivity index (χ0) is 21.3. The average molecular weight is 458 g/mol. The number of anilines is 2. The molecule has 7 nitrogen and oxygen atoms in total. The molecule has 0 aliphatic rings. The van der Waals surface area contributed by atoms with Crippen LogP contribution in [0, 0.1) is 0 Å². The first-order chi connectivity index (χ1) is 12.7. The molecule has 1 aromatic carbocycles. The van der Waals surface area contributed by atoms with Crippen molar-refractivity contribution in [3.8, 4) is 0 Å². The summed E-state index contributed by atoms with van der Waals surface area (Å²) in [5, 5.41) is 11.1. The van der Waals surface area contributed by atoms with E-state index in [0.717, 1.165) is 18.2 Å². The second-order valence-corrected chi connectivity index (χ2v) is 8.16. The van der Waals surface area contributed by atoms with E-state index in [9.17, 15) is 31.5 Å². The number of benzene rings is 1. The Bertz CT molecular complexity index is 997. The van der Waals surface area contributed by atoms with Crippen LogP contribution in [0.2, 0.25) is 10.0 Å². The quantitative estimate of drug-likeness (QED) is 0.637. The standard InChI is InChI=1S/C15H12Cl2F3N3O4S/c1-14(25,15(18,19)20)13(24)22-11-4-3-9(6-10(11)17)28(26,27)23-12-5-2-8(16)7-21-12/h2-7,25H,1H3,(H,21,23)(H,22,24)/t14-/m1/s1. The van der Waals surface area contributed by atoms with E-state index in [1.807, 2.05) is 5.32 Å². The molecule has 1 heterocycles. The number of carbonyl (C=O) groups is 1. The minimum atomic E-state index is -5.22. The number of aliphatic hydroxyl groups is 1. The van der Waals surface area contributed by atoms with Crippen molar-refractivity contribution in [3.05, 3.63) is 46.6 Å². The lowest BCUT2D eigenvalue weighted by Gasteiger charge is -2.25. The van der Waals surface area contributed by atoms with Gasteiger partial charge in [0, 0.05) is 6.20 Å². The molecule has 2 aromatic rings. The second kappa shape index (κ2) is 7.74. The summed E-state index contributed by atoms with van der Waals surface area (Å²) >= 11 is 11.5. The number of pyridine rings is 1. The molecule has 3 N–H and O–H groups in total. The third-order valence-electron chi connectivity index (χ3n) is 3.46. The molecule has 13 heteroatoms. The molecule has 1 aromatic heterocycles. The smallest absolute Gasteiger partial charge is 0.373 e. The average Bonchev–Trinajstić information content (AvgIpc) is 2.57. The van der Waals surface area contributed by atoms with Crippen LogP contribution in [0.5, 0.6) is 0 Å². The van der Waals surface area contributed by atoms with Gasteiger partial charge in [-0.25, -0.2) is 13.4 Å². The molecule has 0 spiro atoms. The van der Waals surface area contributed by atoms with Crippen molar-refractivity contribution >= 4 is 50.6 Å². The number of alkyl halides is 3.